The maximum absolute atomic E-state index is 15.1. The van der Waals surface area contributed by atoms with E-state index in [1.165, 1.54) is 41.3 Å². The van der Waals surface area contributed by atoms with E-state index in [1.807, 2.05) is 39.6 Å². The number of carbonyl (C=O) groups is 11. The number of imide groups is 1. The van der Waals surface area contributed by atoms with Crippen LogP contribution in [-0.2, 0) is 68.5 Å². The van der Waals surface area contributed by atoms with E-state index in [0.29, 0.717) is 18.4 Å². The minimum Gasteiger partial charge on any atom is -0.462 e. The Morgan fingerprint density at radius 2 is 1.59 bits per heavy atom. The van der Waals surface area contributed by atoms with Gasteiger partial charge in [0.2, 0.25) is 35.8 Å². The number of nitrogens with one attached hydrogen (secondary N) is 4. The first-order valence-corrected chi connectivity index (χ1v) is 33.0. The molecular formula is C63H90N12O17S. The Kier molecular flexibility index (Phi) is 24.9. The number of hydrogen-bond donors (Lipinski definition) is 6. The number of nitrogens with zero attached hydrogens (tertiary/aromatic N) is 7. The van der Waals surface area contributed by atoms with Gasteiger partial charge in [0.1, 0.15) is 40.7 Å². The highest BCUT2D eigenvalue weighted by molar-refractivity contribution is 7.09. The van der Waals surface area contributed by atoms with Crippen molar-refractivity contribution in [3.63, 3.8) is 0 Å². The Labute approximate surface area is 545 Å². The van der Waals surface area contributed by atoms with E-state index in [4.69, 9.17) is 34.4 Å². The van der Waals surface area contributed by atoms with Crippen LogP contribution >= 0.6 is 11.3 Å². The molecule has 4 saturated heterocycles. The van der Waals surface area contributed by atoms with Gasteiger partial charge in [0.15, 0.2) is 18.4 Å². The van der Waals surface area contributed by atoms with E-state index in [2.05, 4.69) is 21.3 Å². The number of likely N-dealkylation sites (N-methyl/N-ethyl adjacent to an activating group) is 3. The van der Waals surface area contributed by atoms with E-state index < -0.39 is 121 Å². The summed E-state index contributed by atoms with van der Waals surface area (Å²) in [4.78, 5) is 164. The lowest BCUT2D eigenvalue weighted by Crippen LogP contribution is -2.62. The van der Waals surface area contributed by atoms with Crippen LogP contribution < -0.4 is 31.7 Å². The fraction of sp³-hybridized carbons (Fsp3) is 0.651. The SMILES string of the molecule is CC[C@H](C)[C@H](NC(=O)[C@H]1CCCCN1C)C(=O)N(C)[C@H](C[C@@H](OC(C)=O)c1nc(C(=O)N(C)[C@H]2Cc3ccc(cc3)OC3OC(CO)CC4OC(OC43)[C@@H](C(=O)N3CCN(C(=O)CCCN4C(=O)C=CC4=O)CC3)NC(=O)[C@H](CCCNC(N)=O)NC2=O)cs1)C(C)C. The average molecular weight is 1320 g/mol. The van der Waals surface area contributed by atoms with E-state index >= 15 is 9.59 Å². The lowest BCUT2D eigenvalue weighted by Gasteiger charge is -2.38. The molecule has 0 radical (unpaired) electrons. The molecule has 93 heavy (non-hydrogen) atoms. The van der Waals surface area contributed by atoms with Gasteiger partial charge in [-0.1, -0.05) is 52.7 Å². The number of nitrogens with two attached hydrogens (primary N) is 1. The zero-order valence-corrected chi connectivity index (χ0v) is 55.0. The van der Waals surface area contributed by atoms with Crippen molar-refractivity contribution in [1.29, 1.82) is 0 Å². The van der Waals surface area contributed by atoms with Crippen LogP contribution in [-0.4, -0.2) is 245 Å². The number of urea groups is 1. The smallest absolute Gasteiger partial charge is 0.312 e. The number of ether oxygens (including phenoxy) is 5. The summed E-state index contributed by atoms with van der Waals surface area (Å²) in [6.45, 7) is 9.58. The van der Waals surface area contributed by atoms with E-state index in [0.717, 1.165) is 35.6 Å². The number of piperazine rings is 1. The zero-order valence-electron chi connectivity index (χ0n) is 54.2. The Morgan fingerprint density at radius 3 is 2.24 bits per heavy atom. The van der Waals surface area contributed by atoms with Gasteiger partial charge in [0.25, 0.3) is 23.6 Å². The number of amides is 11. The van der Waals surface area contributed by atoms with Gasteiger partial charge in [-0.2, -0.15) is 0 Å². The minimum absolute atomic E-state index is 0.0170. The van der Waals surface area contributed by atoms with Gasteiger partial charge >= 0.3 is 12.0 Å². The maximum atomic E-state index is 15.1. The molecule has 30 heteroatoms. The zero-order chi connectivity index (χ0) is 67.4. The molecule has 13 atom stereocenters. The predicted octanol–water partition coefficient (Wildman–Crippen LogP) is 0.723. The summed E-state index contributed by atoms with van der Waals surface area (Å²) >= 11 is 1.04. The predicted molar refractivity (Wildman–Crippen MR) is 334 cm³/mol. The van der Waals surface area contributed by atoms with Crippen molar-refractivity contribution in [3.05, 3.63) is 58.1 Å². The highest BCUT2D eigenvalue weighted by Gasteiger charge is 2.53. The third-order valence-corrected chi connectivity index (χ3v) is 19.2. The second-order valence-electron chi connectivity index (χ2n) is 25.1. The van der Waals surface area contributed by atoms with E-state index in [1.54, 1.807) is 41.1 Å². The first-order chi connectivity index (χ1) is 44.3. The van der Waals surface area contributed by atoms with Crippen molar-refractivity contribution in [2.24, 2.45) is 17.6 Å². The molecule has 7 aliphatic heterocycles. The standard InChI is InChI=1S/C63H90N12O17S/c1-9-36(4)51(68-55(82)43-15-10-11-24-70(43)6)59(85)71(7)44(35(2)3)32-47(88-37(5)77)57-67-42(34-93-57)58(84)72(8)45-30-38-17-19-39(20-18-38)89-62-53-46(31-40(33-76)90-62)91-61(92-53)52(69-54(81)41(66-56(45)83)14-12-23-65-63(64)87)60(86)74-28-26-73(27-29-74)48(78)16-13-25-75-49(79)21-22-50(75)80/h17-22,34-36,40-41,43-47,51-53,61-62,76H,9-16,23-33H2,1-8H3,(H,66,83)(H,68,82)(H,69,81)(H3,64,65,87)/t36-,40?,41-,43+,44+,45-,46?,47+,51-,52+,53?,61?,62?/m0/s1. The van der Waals surface area contributed by atoms with Crippen LogP contribution in [0.3, 0.4) is 0 Å². The summed E-state index contributed by atoms with van der Waals surface area (Å²) in [5, 5.41) is 23.2. The highest BCUT2D eigenvalue weighted by atomic mass is 32.1. The van der Waals surface area contributed by atoms with E-state index in [9.17, 15) is 48.3 Å². The molecule has 4 bridgehead atoms. The van der Waals surface area contributed by atoms with Gasteiger partial charge in [0, 0.05) is 110 Å². The van der Waals surface area contributed by atoms with Crippen molar-refractivity contribution in [1.82, 2.24) is 55.7 Å². The van der Waals surface area contributed by atoms with Crippen molar-refractivity contribution in [2.75, 3.05) is 73.6 Å². The lowest BCUT2D eigenvalue weighted by atomic mass is 9.92. The number of benzene rings is 1. The molecule has 8 heterocycles. The second-order valence-corrected chi connectivity index (χ2v) is 26.0. The molecule has 2 aromatic rings. The molecule has 7 N–H and O–H groups in total. The molecule has 0 saturated carbocycles. The number of primary amides is 1. The number of piperidine rings is 1. The van der Waals surface area contributed by atoms with Crippen molar-refractivity contribution < 1.29 is 81.5 Å². The molecule has 1 aromatic carbocycles. The highest BCUT2D eigenvalue weighted by Crippen LogP contribution is 2.36. The maximum Gasteiger partial charge on any atom is 0.312 e. The van der Waals surface area contributed by atoms with Crippen molar-refractivity contribution in [3.8, 4) is 5.75 Å². The summed E-state index contributed by atoms with van der Waals surface area (Å²) in [5.41, 5.74) is 5.81. The fourth-order valence-electron chi connectivity index (χ4n) is 12.6. The van der Waals surface area contributed by atoms with Crippen LogP contribution in [0.5, 0.6) is 5.75 Å². The van der Waals surface area contributed by atoms with Gasteiger partial charge in [0.05, 0.1) is 24.9 Å². The number of thiazole rings is 1. The third-order valence-electron chi connectivity index (χ3n) is 18.3. The Hall–Kier alpha value is -7.64. The number of likely N-dealkylation sites (tertiary alicyclic amines) is 1. The number of carbonyl (C=O) groups excluding carboxylic acids is 11. The summed E-state index contributed by atoms with van der Waals surface area (Å²) in [6, 6.07) is -0.427. The van der Waals surface area contributed by atoms with Crippen LogP contribution in [0.4, 0.5) is 4.79 Å². The van der Waals surface area contributed by atoms with Crippen LogP contribution in [0.15, 0.2) is 41.8 Å². The fourth-order valence-corrected chi connectivity index (χ4v) is 13.4. The number of hydrogen-bond acceptors (Lipinski definition) is 20. The summed E-state index contributed by atoms with van der Waals surface area (Å²) in [5.74, 6) is -5.52. The molecule has 1 aromatic heterocycles. The average Bonchev–Trinajstić information content (AvgIpc) is 1.71. The van der Waals surface area contributed by atoms with Crippen LogP contribution in [0.2, 0.25) is 0 Å². The molecule has 29 nitrogen and oxygen atoms in total. The lowest BCUT2D eigenvalue weighted by molar-refractivity contribution is -0.218. The number of aromatic nitrogens is 1. The third kappa shape index (κ3) is 18.0. The monoisotopic (exact) mass is 1320 g/mol. The quantitative estimate of drug-likeness (QED) is 0.0507. The molecule has 510 valence electrons. The van der Waals surface area contributed by atoms with Crippen molar-refractivity contribution >= 4 is 76.5 Å². The first-order valence-electron chi connectivity index (χ1n) is 32.1. The van der Waals surface area contributed by atoms with Gasteiger partial charge in [-0.05, 0) is 75.2 Å². The van der Waals surface area contributed by atoms with Gasteiger partial charge in [-0.3, -0.25) is 57.7 Å². The topological polar surface area (TPSA) is 361 Å². The molecule has 0 aliphatic carbocycles. The first kappa shape index (κ1) is 71.2. The Morgan fingerprint density at radius 1 is 0.892 bits per heavy atom. The molecular weight excluding hydrogens is 1230 g/mol. The minimum atomic E-state index is -1.60. The van der Waals surface area contributed by atoms with Gasteiger partial charge in [-0.15, -0.1) is 11.3 Å². The summed E-state index contributed by atoms with van der Waals surface area (Å²) in [6.07, 6.45) is -0.552. The molecule has 0 spiro atoms. The summed E-state index contributed by atoms with van der Waals surface area (Å²) in [7, 11) is 4.96. The second kappa shape index (κ2) is 32.5. The number of rotatable bonds is 23. The van der Waals surface area contributed by atoms with Gasteiger partial charge < -0.3 is 75.4 Å². The Bertz CT molecular complexity index is 3050. The molecule has 9 rings (SSSR count). The van der Waals surface area contributed by atoms with E-state index in [-0.39, 0.29) is 136 Å². The molecule has 5 unspecified atom stereocenters. The van der Waals surface area contributed by atoms with Gasteiger partial charge in [-0.25, -0.2) is 9.78 Å². The molecule has 4 fully saturated rings. The Balaban J connectivity index is 1.04. The number of fused-ring (bicyclic) bond motifs is 9. The van der Waals surface area contributed by atoms with Crippen LogP contribution in [0, 0.1) is 11.8 Å². The van der Waals surface area contributed by atoms with Crippen LogP contribution in [0.1, 0.15) is 126 Å². The number of esters is 1. The van der Waals surface area contributed by atoms with Crippen molar-refractivity contribution in [2.45, 2.75) is 178 Å². The molecule has 11 amide bonds. The normalized spacial score (nSPS) is 25.7. The largest absolute Gasteiger partial charge is 0.462 e. The summed E-state index contributed by atoms with van der Waals surface area (Å²) < 4.78 is 31.3. The van der Waals surface area contributed by atoms with Crippen LogP contribution in [0.25, 0.3) is 0 Å². The number of aliphatic hydroxyl groups is 1. The number of aliphatic hydroxyl groups excluding tert-OH is 1. The molecule has 7 aliphatic rings.